The Morgan fingerprint density at radius 3 is 2.20 bits per heavy atom. The van der Waals surface area contributed by atoms with E-state index in [1.807, 2.05) is 0 Å². The van der Waals surface area contributed by atoms with Crippen molar-refractivity contribution in [1.82, 2.24) is 0 Å². The van der Waals surface area contributed by atoms with Crippen molar-refractivity contribution >= 4 is 5.97 Å². The number of carboxylic acids is 1. The van der Waals surface area contributed by atoms with Crippen molar-refractivity contribution in [2.45, 2.75) is 52.6 Å². The van der Waals surface area contributed by atoms with Gasteiger partial charge in [-0.3, -0.25) is 0 Å². The zero-order valence-electron chi connectivity index (χ0n) is 9.95. The van der Waals surface area contributed by atoms with E-state index in [2.05, 4.69) is 20.8 Å². The molecule has 1 rings (SSSR count). The van der Waals surface area contributed by atoms with E-state index in [0.29, 0.717) is 5.41 Å². The first-order valence-corrected chi connectivity index (χ1v) is 5.73. The van der Waals surface area contributed by atoms with E-state index < -0.39 is 5.97 Å². The zero-order valence-corrected chi connectivity index (χ0v) is 9.95. The highest BCUT2D eigenvalue weighted by Gasteiger charge is 2.30. The van der Waals surface area contributed by atoms with Gasteiger partial charge in [0.05, 0.1) is 6.10 Å². The molecule has 0 aliphatic heterocycles. The van der Waals surface area contributed by atoms with Crippen molar-refractivity contribution in [3.63, 3.8) is 0 Å². The van der Waals surface area contributed by atoms with Crippen LogP contribution in [-0.2, 0) is 9.53 Å². The summed E-state index contributed by atoms with van der Waals surface area (Å²) < 4.78 is 5.31. The minimum atomic E-state index is -0.868. The van der Waals surface area contributed by atoms with Crippen LogP contribution in [0.4, 0.5) is 0 Å². The smallest absolute Gasteiger partial charge is 0.329 e. The summed E-state index contributed by atoms with van der Waals surface area (Å²) in [6.07, 6.45) is 4.51. The molecule has 0 atom stereocenters. The molecule has 1 aliphatic carbocycles. The molecule has 15 heavy (non-hydrogen) atoms. The molecule has 3 heteroatoms. The van der Waals surface area contributed by atoms with Gasteiger partial charge >= 0.3 is 5.97 Å². The Kier molecular flexibility index (Phi) is 4.14. The minimum absolute atomic E-state index is 0.148. The summed E-state index contributed by atoms with van der Waals surface area (Å²) in [5, 5.41) is 8.50. The molecule has 0 aromatic heterocycles. The van der Waals surface area contributed by atoms with Crippen LogP contribution in [-0.4, -0.2) is 23.8 Å². The standard InChI is InChI=1S/C12H22O3/c1-12(2,3)9-4-6-10(7-5-9)15-8-11(13)14/h9-10H,4-8H2,1-3H3,(H,13,14). The van der Waals surface area contributed by atoms with E-state index in [0.717, 1.165) is 31.6 Å². The van der Waals surface area contributed by atoms with Crippen LogP contribution in [0.15, 0.2) is 0 Å². The van der Waals surface area contributed by atoms with E-state index in [4.69, 9.17) is 9.84 Å². The fourth-order valence-corrected chi connectivity index (χ4v) is 2.28. The maximum absolute atomic E-state index is 10.3. The summed E-state index contributed by atoms with van der Waals surface area (Å²) in [5.41, 5.74) is 0.373. The fraction of sp³-hybridized carbons (Fsp3) is 0.917. The van der Waals surface area contributed by atoms with Crippen molar-refractivity contribution < 1.29 is 14.6 Å². The number of hydrogen-bond acceptors (Lipinski definition) is 2. The van der Waals surface area contributed by atoms with Gasteiger partial charge in [0.15, 0.2) is 0 Å². The third kappa shape index (κ3) is 4.20. The average Bonchev–Trinajstić information content (AvgIpc) is 2.14. The quantitative estimate of drug-likeness (QED) is 0.785. The van der Waals surface area contributed by atoms with Crippen LogP contribution in [0.25, 0.3) is 0 Å². The van der Waals surface area contributed by atoms with Crippen LogP contribution in [0.5, 0.6) is 0 Å². The first kappa shape index (κ1) is 12.5. The fourth-order valence-electron chi connectivity index (χ4n) is 2.28. The van der Waals surface area contributed by atoms with Crippen molar-refractivity contribution in [2.24, 2.45) is 11.3 Å². The zero-order chi connectivity index (χ0) is 11.5. The number of aliphatic carboxylic acids is 1. The van der Waals surface area contributed by atoms with Gasteiger partial charge in [0, 0.05) is 0 Å². The van der Waals surface area contributed by atoms with Crippen molar-refractivity contribution in [2.75, 3.05) is 6.61 Å². The molecule has 88 valence electrons. The van der Waals surface area contributed by atoms with Gasteiger partial charge in [-0.2, -0.15) is 0 Å². The Balaban J connectivity index is 2.27. The topological polar surface area (TPSA) is 46.5 Å². The van der Waals surface area contributed by atoms with Crippen molar-refractivity contribution in [3.05, 3.63) is 0 Å². The van der Waals surface area contributed by atoms with Crippen LogP contribution in [0.1, 0.15) is 46.5 Å². The van der Waals surface area contributed by atoms with Crippen LogP contribution in [0.2, 0.25) is 0 Å². The molecule has 1 aliphatic rings. The molecule has 1 fully saturated rings. The van der Waals surface area contributed by atoms with Gasteiger partial charge in [0.2, 0.25) is 0 Å². The van der Waals surface area contributed by atoms with Gasteiger partial charge in [-0.15, -0.1) is 0 Å². The molecule has 0 aromatic carbocycles. The van der Waals surface area contributed by atoms with Crippen molar-refractivity contribution in [3.8, 4) is 0 Å². The second-order valence-electron chi connectivity index (χ2n) is 5.54. The number of carboxylic acid groups (broad SMARTS) is 1. The average molecular weight is 214 g/mol. The molecule has 0 aromatic rings. The third-order valence-electron chi connectivity index (χ3n) is 3.34. The molecule has 0 radical (unpaired) electrons. The Morgan fingerprint density at radius 1 is 1.27 bits per heavy atom. The second-order valence-corrected chi connectivity index (χ2v) is 5.54. The largest absolute Gasteiger partial charge is 0.480 e. The van der Waals surface area contributed by atoms with Crippen LogP contribution < -0.4 is 0 Å². The molecular formula is C12H22O3. The first-order chi connectivity index (χ1) is 6.89. The molecule has 0 spiro atoms. The van der Waals surface area contributed by atoms with Crippen LogP contribution in [0, 0.1) is 11.3 Å². The summed E-state index contributed by atoms with van der Waals surface area (Å²) in [7, 11) is 0. The number of hydrogen-bond donors (Lipinski definition) is 1. The normalized spacial score (nSPS) is 27.7. The molecule has 0 saturated heterocycles. The van der Waals surface area contributed by atoms with Crippen LogP contribution >= 0.6 is 0 Å². The van der Waals surface area contributed by atoms with E-state index >= 15 is 0 Å². The number of ether oxygens (including phenoxy) is 1. The molecule has 1 saturated carbocycles. The summed E-state index contributed by atoms with van der Waals surface area (Å²) in [6.45, 7) is 6.67. The Morgan fingerprint density at radius 2 is 1.80 bits per heavy atom. The van der Waals surface area contributed by atoms with Gasteiger partial charge in [-0.05, 0) is 37.0 Å². The monoisotopic (exact) mass is 214 g/mol. The lowest BCUT2D eigenvalue weighted by Gasteiger charge is -2.36. The summed E-state index contributed by atoms with van der Waals surface area (Å²) in [4.78, 5) is 10.3. The first-order valence-electron chi connectivity index (χ1n) is 5.73. The van der Waals surface area contributed by atoms with Gasteiger partial charge in [-0.1, -0.05) is 20.8 Å². The van der Waals surface area contributed by atoms with E-state index in [1.54, 1.807) is 0 Å². The molecule has 1 N–H and O–H groups in total. The van der Waals surface area contributed by atoms with Gasteiger partial charge in [0.25, 0.3) is 0 Å². The molecule has 3 nitrogen and oxygen atoms in total. The number of carbonyl (C=O) groups is 1. The van der Waals surface area contributed by atoms with Crippen LogP contribution in [0.3, 0.4) is 0 Å². The van der Waals surface area contributed by atoms with E-state index in [-0.39, 0.29) is 12.7 Å². The van der Waals surface area contributed by atoms with Gasteiger partial charge in [0.1, 0.15) is 6.61 Å². The highest BCUT2D eigenvalue weighted by Crippen LogP contribution is 2.38. The number of rotatable bonds is 3. The lowest BCUT2D eigenvalue weighted by atomic mass is 9.72. The lowest BCUT2D eigenvalue weighted by molar-refractivity contribution is -0.145. The molecular weight excluding hydrogens is 192 g/mol. The maximum atomic E-state index is 10.3. The Bertz CT molecular complexity index is 209. The molecule has 0 unspecified atom stereocenters. The van der Waals surface area contributed by atoms with E-state index in [1.165, 1.54) is 0 Å². The predicted octanol–water partition coefficient (Wildman–Crippen LogP) is 2.69. The van der Waals surface area contributed by atoms with Gasteiger partial charge in [-0.25, -0.2) is 4.79 Å². The SMILES string of the molecule is CC(C)(C)C1CCC(OCC(=O)O)CC1. The summed E-state index contributed by atoms with van der Waals surface area (Å²) in [6, 6.07) is 0. The highest BCUT2D eigenvalue weighted by molar-refractivity contribution is 5.68. The Labute approximate surface area is 91.8 Å². The molecule has 0 heterocycles. The maximum Gasteiger partial charge on any atom is 0.329 e. The summed E-state index contributed by atoms with van der Waals surface area (Å²) in [5.74, 6) is -0.116. The summed E-state index contributed by atoms with van der Waals surface area (Å²) >= 11 is 0. The predicted molar refractivity (Wildman–Crippen MR) is 58.8 cm³/mol. The van der Waals surface area contributed by atoms with Crippen molar-refractivity contribution in [1.29, 1.82) is 0 Å². The highest BCUT2D eigenvalue weighted by atomic mass is 16.5. The molecule has 0 bridgehead atoms. The molecule has 0 amide bonds. The van der Waals surface area contributed by atoms with Gasteiger partial charge < -0.3 is 9.84 Å². The van der Waals surface area contributed by atoms with E-state index in [9.17, 15) is 4.79 Å². The third-order valence-corrected chi connectivity index (χ3v) is 3.34. The second kappa shape index (κ2) is 4.97. The minimum Gasteiger partial charge on any atom is -0.480 e. The Hall–Kier alpha value is -0.570. The lowest BCUT2D eigenvalue weighted by Crippen LogP contribution is -2.30.